The summed E-state index contributed by atoms with van der Waals surface area (Å²) in [5.74, 6) is 0.0311. The Kier molecular flexibility index (Phi) is 3.32. The molecule has 0 radical (unpaired) electrons. The van der Waals surface area contributed by atoms with Gasteiger partial charge < -0.3 is 9.64 Å². The topological polar surface area (TPSA) is 29.5 Å². The summed E-state index contributed by atoms with van der Waals surface area (Å²) in [4.78, 5) is 14.9. The lowest BCUT2D eigenvalue weighted by Gasteiger charge is -2.30. The average Bonchev–Trinajstić information content (AvgIpc) is 2.92. The van der Waals surface area contributed by atoms with Gasteiger partial charge in [0.05, 0.1) is 21.7 Å². The number of ether oxygens (including phenoxy) is 1. The zero-order chi connectivity index (χ0) is 12.7. The maximum absolute atomic E-state index is 12.4. The van der Waals surface area contributed by atoms with Gasteiger partial charge in [-0.3, -0.25) is 4.79 Å². The Balaban J connectivity index is 1.91. The van der Waals surface area contributed by atoms with Crippen molar-refractivity contribution < 1.29 is 9.53 Å². The average molecular weight is 302 g/mol. The fourth-order valence-corrected chi connectivity index (χ4v) is 4.66. The van der Waals surface area contributed by atoms with Crippen molar-refractivity contribution in [3.05, 3.63) is 21.3 Å². The number of morpholine rings is 1. The van der Waals surface area contributed by atoms with E-state index in [0.29, 0.717) is 29.6 Å². The van der Waals surface area contributed by atoms with Crippen molar-refractivity contribution in [1.82, 2.24) is 4.90 Å². The molecular formula is C12H12ClNO2S2. The quantitative estimate of drug-likeness (QED) is 0.807. The maximum atomic E-state index is 12.4. The highest BCUT2D eigenvalue weighted by Crippen LogP contribution is 2.39. The Hall–Kier alpha value is -0.620. The maximum Gasteiger partial charge on any atom is 0.265 e. The number of hydrogen-bond acceptors (Lipinski definition) is 4. The number of rotatable bonds is 1. The van der Waals surface area contributed by atoms with Gasteiger partial charge in [-0.05, 0) is 18.4 Å². The van der Waals surface area contributed by atoms with Crippen LogP contribution in [0.15, 0.2) is 11.4 Å². The minimum atomic E-state index is 0.0311. The fourth-order valence-electron chi connectivity index (χ4n) is 2.08. The molecule has 18 heavy (non-hydrogen) atoms. The molecule has 3 heterocycles. The van der Waals surface area contributed by atoms with Gasteiger partial charge in [-0.2, -0.15) is 0 Å². The lowest BCUT2D eigenvalue weighted by Crippen LogP contribution is -2.44. The van der Waals surface area contributed by atoms with E-state index in [0.717, 1.165) is 9.40 Å². The molecule has 1 aliphatic rings. The zero-order valence-corrected chi connectivity index (χ0v) is 12.2. The minimum absolute atomic E-state index is 0.0311. The fraction of sp³-hybridized carbons (Fsp3) is 0.417. The predicted octanol–water partition coefficient (Wildman–Crippen LogP) is 3.48. The smallest absolute Gasteiger partial charge is 0.265 e. The number of nitrogens with zero attached hydrogens (tertiary/aromatic N) is 1. The third kappa shape index (κ3) is 2.05. The van der Waals surface area contributed by atoms with Gasteiger partial charge in [0.1, 0.15) is 4.88 Å². The second-order valence-electron chi connectivity index (χ2n) is 4.30. The van der Waals surface area contributed by atoms with Crippen LogP contribution in [-0.2, 0) is 4.74 Å². The summed E-state index contributed by atoms with van der Waals surface area (Å²) in [7, 11) is 0. The Bertz CT molecular complexity index is 592. The molecule has 1 aliphatic heterocycles. The van der Waals surface area contributed by atoms with E-state index < -0.39 is 0 Å². The van der Waals surface area contributed by atoms with Gasteiger partial charge in [0.25, 0.3) is 5.91 Å². The number of halogens is 1. The highest BCUT2D eigenvalue weighted by atomic mass is 35.5. The van der Waals surface area contributed by atoms with Crippen molar-refractivity contribution in [2.45, 2.75) is 13.0 Å². The van der Waals surface area contributed by atoms with Crippen LogP contribution in [0.25, 0.3) is 9.40 Å². The molecule has 0 saturated carbocycles. The first kappa shape index (κ1) is 12.4. The largest absolute Gasteiger partial charge is 0.375 e. The van der Waals surface area contributed by atoms with Crippen LogP contribution >= 0.6 is 34.3 Å². The second-order valence-corrected chi connectivity index (χ2v) is 6.87. The summed E-state index contributed by atoms with van der Waals surface area (Å²) in [6.45, 7) is 3.87. The second kappa shape index (κ2) is 4.81. The number of thiophene rings is 2. The molecule has 0 unspecified atom stereocenters. The summed E-state index contributed by atoms with van der Waals surface area (Å²) >= 11 is 9.40. The molecule has 3 rings (SSSR count). The standard InChI is InChI=1S/C12H12ClNO2S2/c1-7-6-14(3-4-16-7)11(15)10-9(13)8-2-5-17-12(8)18-10/h2,5,7H,3-4,6H2,1H3/t7-/m0/s1. The molecule has 0 aliphatic carbocycles. The molecule has 2 aromatic heterocycles. The van der Waals surface area contributed by atoms with E-state index in [1.165, 1.54) is 11.3 Å². The van der Waals surface area contributed by atoms with Gasteiger partial charge >= 0.3 is 0 Å². The number of fused-ring (bicyclic) bond motifs is 1. The summed E-state index contributed by atoms with van der Waals surface area (Å²) in [5, 5.41) is 3.59. The number of carbonyl (C=O) groups excluding carboxylic acids is 1. The molecule has 0 aromatic carbocycles. The van der Waals surface area contributed by atoms with Crippen LogP contribution in [0.4, 0.5) is 0 Å². The molecule has 1 saturated heterocycles. The number of amides is 1. The molecule has 96 valence electrons. The van der Waals surface area contributed by atoms with Crippen molar-refractivity contribution in [1.29, 1.82) is 0 Å². The Morgan fingerprint density at radius 3 is 3.17 bits per heavy atom. The molecule has 2 aromatic rings. The molecule has 1 fully saturated rings. The van der Waals surface area contributed by atoms with E-state index in [4.69, 9.17) is 16.3 Å². The van der Waals surface area contributed by atoms with E-state index in [-0.39, 0.29) is 12.0 Å². The van der Waals surface area contributed by atoms with Crippen molar-refractivity contribution in [3.63, 3.8) is 0 Å². The first-order chi connectivity index (χ1) is 8.66. The first-order valence-electron chi connectivity index (χ1n) is 5.73. The highest BCUT2D eigenvalue weighted by Gasteiger charge is 2.26. The third-order valence-electron chi connectivity index (χ3n) is 2.98. The summed E-state index contributed by atoms with van der Waals surface area (Å²) in [5.41, 5.74) is 0. The van der Waals surface area contributed by atoms with Gasteiger partial charge in [0.15, 0.2) is 0 Å². The van der Waals surface area contributed by atoms with Gasteiger partial charge in [-0.1, -0.05) is 11.6 Å². The molecule has 0 bridgehead atoms. The Labute approximate surface area is 118 Å². The number of hydrogen-bond donors (Lipinski definition) is 0. The van der Waals surface area contributed by atoms with Crippen molar-refractivity contribution >= 4 is 49.6 Å². The van der Waals surface area contributed by atoms with Gasteiger partial charge in [0.2, 0.25) is 0 Å². The van der Waals surface area contributed by atoms with Gasteiger partial charge in [-0.15, -0.1) is 22.7 Å². The molecule has 0 spiro atoms. The Morgan fingerprint density at radius 2 is 2.44 bits per heavy atom. The van der Waals surface area contributed by atoms with Crippen LogP contribution in [0.3, 0.4) is 0 Å². The van der Waals surface area contributed by atoms with Crippen molar-refractivity contribution in [2.24, 2.45) is 0 Å². The lowest BCUT2D eigenvalue weighted by molar-refractivity contribution is -0.0122. The van der Waals surface area contributed by atoms with E-state index >= 15 is 0 Å². The molecule has 1 atom stereocenters. The summed E-state index contributed by atoms with van der Waals surface area (Å²) < 4.78 is 6.56. The van der Waals surface area contributed by atoms with Crippen LogP contribution < -0.4 is 0 Å². The van der Waals surface area contributed by atoms with Crippen molar-refractivity contribution in [3.8, 4) is 0 Å². The molecule has 6 heteroatoms. The third-order valence-corrected chi connectivity index (χ3v) is 5.72. The zero-order valence-electron chi connectivity index (χ0n) is 9.81. The van der Waals surface area contributed by atoms with Gasteiger partial charge in [0, 0.05) is 18.5 Å². The van der Waals surface area contributed by atoms with E-state index in [9.17, 15) is 4.79 Å². The van der Waals surface area contributed by atoms with Crippen LogP contribution in [0, 0.1) is 0 Å². The normalized spacial score (nSPS) is 20.6. The van der Waals surface area contributed by atoms with Gasteiger partial charge in [-0.25, -0.2) is 0 Å². The highest BCUT2D eigenvalue weighted by molar-refractivity contribution is 7.38. The van der Waals surface area contributed by atoms with E-state index in [2.05, 4.69) is 0 Å². The summed E-state index contributed by atoms with van der Waals surface area (Å²) in [6, 6.07) is 1.97. The SMILES string of the molecule is C[C@H]1CN(C(=O)c2sc3sccc3c2Cl)CCO1. The predicted molar refractivity (Wildman–Crippen MR) is 76.0 cm³/mol. The van der Waals surface area contributed by atoms with Crippen LogP contribution in [0.1, 0.15) is 16.6 Å². The summed E-state index contributed by atoms with van der Waals surface area (Å²) in [6.07, 6.45) is 0.0996. The molecule has 3 nitrogen and oxygen atoms in total. The van der Waals surface area contributed by atoms with E-state index in [1.54, 1.807) is 11.3 Å². The number of carbonyl (C=O) groups is 1. The first-order valence-corrected chi connectivity index (χ1v) is 7.80. The molecule has 0 N–H and O–H groups in total. The van der Waals surface area contributed by atoms with Crippen LogP contribution in [0.5, 0.6) is 0 Å². The lowest BCUT2D eigenvalue weighted by atomic mass is 10.2. The molecule has 1 amide bonds. The monoisotopic (exact) mass is 301 g/mol. The Morgan fingerprint density at radius 1 is 1.61 bits per heavy atom. The minimum Gasteiger partial charge on any atom is -0.375 e. The molecular weight excluding hydrogens is 290 g/mol. The van der Waals surface area contributed by atoms with Crippen molar-refractivity contribution in [2.75, 3.05) is 19.7 Å². The van der Waals surface area contributed by atoms with Crippen LogP contribution in [0.2, 0.25) is 5.02 Å². The van der Waals surface area contributed by atoms with Crippen LogP contribution in [-0.4, -0.2) is 36.6 Å². The van der Waals surface area contributed by atoms with E-state index in [1.807, 2.05) is 23.3 Å².